The maximum absolute atomic E-state index is 11.4. The van der Waals surface area contributed by atoms with Crippen LogP contribution < -0.4 is 5.32 Å². The van der Waals surface area contributed by atoms with Crippen molar-refractivity contribution < 1.29 is 19.5 Å². The summed E-state index contributed by atoms with van der Waals surface area (Å²) in [6, 6.07) is 0. The second-order valence-electron chi connectivity index (χ2n) is 3.61. The van der Waals surface area contributed by atoms with Gasteiger partial charge in [0.25, 0.3) is 0 Å². The molecule has 2 N–H and O–H groups in total. The fourth-order valence-electron chi connectivity index (χ4n) is 1.51. The van der Waals surface area contributed by atoms with E-state index < -0.39 is 11.9 Å². The number of likely N-dealkylation sites (tertiary alicyclic amines) is 1. The fourth-order valence-corrected chi connectivity index (χ4v) is 1.51. The molecule has 1 atom stereocenters. The molecule has 6 nitrogen and oxygen atoms in total. The molecule has 0 aromatic rings. The summed E-state index contributed by atoms with van der Waals surface area (Å²) in [6.45, 7) is 3.80. The van der Waals surface area contributed by atoms with Gasteiger partial charge in [-0.05, 0) is 0 Å². The van der Waals surface area contributed by atoms with Crippen molar-refractivity contribution in [1.82, 2.24) is 10.2 Å². The van der Waals surface area contributed by atoms with Gasteiger partial charge in [0.1, 0.15) is 0 Å². The number of carbonyl (C=O) groups excluding carboxylic acids is 2. The van der Waals surface area contributed by atoms with E-state index in [1.807, 2.05) is 0 Å². The predicted molar refractivity (Wildman–Crippen MR) is 55.5 cm³/mol. The van der Waals surface area contributed by atoms with Crippen molar-refractivity contribution in [3.8, 4) is 0 Å². The Kier molecular flexibility index (Phi) is 4.04. The molecule has 0 bridgehead atoms. The van der Waals surface area contributed by atoms with Crippen LogP contribution in [0.2, 0.25) is 0 Å². The highest BCUT2D eigenvalue weighted by Gasteiger charge is 2.34. The molecule has 0 saturated carbocycles. The Morgan fingerprint density at radius 1 is 1.62 bits per heavy atom. The Bertz CT molecular complexity index is 327. The SMILES string of the molecule is C=CCNC(=O)CN1CC(C(=O)O)CC1=O. The molecule has 0 radical (unpaired) electrons. The van der Waals surface area contributed by atoms with E-state index in [2.05, 4.69) is 11.9 Å². The number of nitrogens with one attached hydrogen (secondary N) is 1. The largest absolute Gasteiger partial charge is 0.481 e. The molecule has 16 heavy (non-hydrogen) atoms. The second-order valence-corrected chi connectivity index (χ2v) is 3.61. The minimum Gasteiger partial charge on any atom is -0.481 e. The van der Waals surface area contributed by atoms with Gasteiger partial charge in [-0.1, -0.05) is 6.08 Å². The zero-order valence-corrected chi connectivity index (χ0v) is 8.81. The van der Waals surface area contributed by atoms with Crippen molar-refractivity contribution in [3.63, 3.8) is 0 Å². The van der Waals surface area contributed by atoms with Gasteiger partial charge in [0.2, 0.25) is 11.8 Å². The molecule has 1 rings (SSSR count). The summed E-state index contributed by atoms with van der Waals surface area (Å²) in [7, 11) is 0. The molecule has 0 aromatic heterocycles. The van der Waals surface area contributed by atoms with Crippen molar-refractivity contribution in [2.75, 3.05) is 19.6 Å². The molecule has 1 fully saturated rings. The average Bonchev–Trinajstić information content (AvgIpc) is 2.57. The minimum atomic E-state index is -0.998. The molecule has 88 valence electrons. The standard InChI is InChI=1S/C10H14N2O4/c1-2-3-11-8(13)6-12-5-7(10(15)16)4-9(12)14/h2,7H,1,3-6H2,(H,11,13)(H,15,16). The van der Waals surface area contributed by atoms with Crippen molar-refractivity contribution in [3.05, 3.63) is 12.7 Å². The van der Waals surface area contributed by atoms with E-state index in [0.29, 0.717) is 6.54 Å². The van der Waals surface area contributed by atoms with Crippen LogP contribution in [0.5, 0.6) is 0 Å². The van der Waals surface area contributed by atoms with Crippen LogP contribution in [0.3, 0.4) is 0 Å². The Balaban J connectivity index is 2.43. The van der Waals surface area contributed by atoms with E-state index in [0.717, 1.165) is 0 Å². The maximum atomic E-state index is 11.4. The van der Waals surface area contributed by atoms with Crippen LogP contribution in [0.25, 0.3) is 0 Å². The van der Waals surface area contributed by atoms with Gasteiger partial charge in [0.05, 0.1) is 12.5 Å². The number of carbonyl (C=O) groups is 3. The number of carboxylic acids is 1. The zero-order valence-electron chi connectivity index (χ0n) is 8.81. The summed E-state index contributed by atoms with van der Waals surface area (Å²) < 4.78 is 0. The quantitative estimate of drug-likeness (QED) is 0.602. The highest BCUT2D eigenvalue weighted by molar-refractivity contribution is 5.89. The fraction of sp³-hybridized carbons (Fsp3) is 0.500. The normalized spacial score (nSPS) is 19.6. The Labute approximate surface area is 92.9 Å². The van der Waals surface area contributed by atoms with Crippen molar-refractivity contribution in [1.29, 1.82) is 0 Å². The number of amides is 2. The van der Waals surface area contributed by atoms with Crippen LogP contribution in [0, 0.1) is 5.92 Å². The van der Waals surface area contributed by atoms with E-state index in [9.17, 15) is 14.4 Å². The molecule has 6 heteroatoms. The molecule has 1 unspecified atom stereocenters. The van der Waals surface area contributed by atoms with Crippen LogP contribution >= 0.6 is 0 Å². The summed E-state index contributed by atoms with van der Waals surface area (Å²) in [5.74, 6) is -2.29. The highest BCUT2D eigenvalue weighted by Crippen LogP contribution is 2.17. The van der Waals surface area contributed by atoms with Gasteiger partial charge in [0.15, 0.2) is 0 Å². The number of aliphatic carboxylic acids is 1. The average molecular weight is 226 g/mol. The van der Waals surface area contributed by atoms with Crippen LogP contribution in [-0.4, -0.2) is 47.4 Å². The first-order chi connectivity index (χ1) is 7.54. The molecule has 1 heterocycles. The predicted octanol–water partition coefficient (Wildman–Crippen LogP) is -0.778. The van der Waals surface area contributed by atoms with E-state index >= 15 is 0 Å². The first-order valence-electron chi connectivity index (χ1n) is 4.92. The highest BCUT2D eigenvalue weighted by atomic mass is 16.4. The third-order valence-corrected chi connectivity index (χ3v) is 2.34. The lowest BCUT2D eigenvalue weighted by molar-refractivity contribution is -0.141. The molecule has 1 aliphatic rings. The number of rotatable bonds is 5. The van der Waals surface area contributed by atoms with Gasteiger partial charge in [-0.2, -0.15) is 0 Å². The lowest BCUT2D eigenvalue weighted by atomic mass is 10.1. The maximum Gasteiger partial charge on any atom is 0.308 e. The van der Waals surface area contributed by atoms with Crippen LogP contribution in [0.1, 0.15) is 6.42 Å². The number of carboxylic acid groups (broad SMARTS) is 1. The summed E-state index contributed by atoms with van der Waals surface area (Å²) in [5, 5.41) is 11.3. The van der Waals surface area contributed by atoms with E-state index in [1.165, 1.54) is 11.0 Å². The third kappa shape index (κ3) is 3.08. The number of nitrogens with zero attached hydrogens (tertiary/aromatic N) is 1. The van der Waals surface area contributed by atoms with Crippen LogP contribution in [0.4, 0.5) is 0 Å². The van der Waals surface area contributed by atoms with Crippen molar-refractivity contribution in [2.24, 2.45) is 5.92 Å². The molecule has 0 aliphatic carbocycles. The van der Waals surface area contributed by atoms with Gasteiger partial charge in [-0.3, -0.25) is 14.4 Å². The summed E-state index contributed by atoms with van der Waals surface area (Å²) in [4.78, 5) is 34.6. The number of hydrogen-bond donors (Lipinski definition) is 2. The van der Waals surface area contributed by atoms with Gasteiger partial charge < -0.3 is 15.3 Å². The second kappa shape index (κ2) is 5.29. The first-order valence-corrected chi connectivity index (χ1v) is 4.92. The lowest BCUT2D eigenvalue weighted by Crippen LogP contribution is -2.38. The van der Waals surface area contributed by atoms with Gasteiger partial charge in [-0.15, -0.1) is 6.58 Å². The van der Waals surface area contributed by atoms with Crippen LogP contribution in [-0.2, 0) is 14.4 Å². The molecule has 1 aliphatic heterocycles. The molecule has 1 saturated heterocycles. The summed E-state index contributed by atoms with van der Waals surface area (Å²) in [5.41, 5.74) is 0. The van der Waals surface area contributed by atoms with Gasteiger partial charge in [-0.25, -0.2) is 0 Å². The van der Waals surface area contributed by atoms with Crippen LogP contribution in [0.15, 0.2) is 12.7 Å². The smallest absolute Gasteiger partial charge is 0.308 e. The molecule has 2 amide bonds. The molecule has 0 aromatic carbocycles. The monoisotopic (exact) mass is 226 g/mol. The van der Waals surface area contributed by atoms with E-state index in [-0.39, 0.29) is 31.3 Å². The first kappa shape index (κ1) is 12.2. The minimum absolute atomic E-state index is 0.0237. The lowest BCUT2D eigenvalue weighted by Gasteiger charge is -2.14. The van der Waals surface area contributed by atoms with E-state index in [1.54, 1.807) is 0 Å². The van der Waals surface area contributed by atoms with Gasteiger partial charge >= 0.3 is 5.97 Å². The zero-order chi connectivity index (χ0) is 12.1. The Morgan fingerprint density at radius 3 is 2.81 bits per heavy atom. The molecule has 0 spiro atoms. The summed E-state index contributed by atoms with van der Waals surface area (Å²) in [6.07, 6.45) is 1.51. The number of hydrogen-bond acceptors (Lipinski definition) is 3. The van der Waals surface area contributed by atoms with Crippen molar-refractivity contribution >= 4 is 17.8 Å². The van der Waals surface area contributed by atoms with E-state index in [4.69, 9.17) is 5.11 Å². The third-order valence-electron chi connectivity index (χ3n) is 2.34. The molecular weight excluding hydrogens is 212 g/mol. The van der Waals surface area contributed by atoms with Gasteiger partial charge in [0, 0.05) is 19.5 Å². The Morgan fingerprint density at radius 2 is 2.31 bits per heavy atom. The molecular formula is C10H14N2O4. The van der Waals surface area contributed by atoms with Crippen molar-refractivity contribution in [2.45, 2.75) is 6.42 Å². The summed E-state index contributed by atoms with van der Waals surface area (Å²) >= 11 is 0. The topological polar surface area (TPSA) is 86.7 Å². The Hall–Kier alpha value is -1.85.